The van der Waals surface area contributed by atoms with Gasteiger partial charge < -0.3 is 5.11 Å². The predicted molar refractivity (Wildman–Crippen MR) is 34.9 cm³/mol. The van der Waals surface area contributed by atoms with Gasteiger partial charge in [0.2, 0.25) is 5.95 Å². The van der Waals surface area contributed by atoms with Crippen LogP contribution in [0.15, 0.2) is 0 Å². The van der Waals surface area contributed by atoms with E-state index in [1.165, 1.54) is 14.0 Å². The second-order valence-corrected chi connectivity index (χ2v) is 2.19. The van der Waals surface area contributed by atoms with Gasteiger partial charge in [0, 0.05) is 12.6 Å². The van der Waals surface area contributed by atoms with Gasteiger partial charge in [-0.05, 0) is 6.92 Å². The minimum absolute atomic E-state index is 0.0694. The summed E-state index contributed by atoms with van der Waals surface area (Å²) in [6.07, 6.45) is 0. The minimum atomic E-state index is -1.21. The minimum Gasteiger partial charge on any atom is -0.476 e. The lowest BCUT2D eigenvalue weighted by Gasteiger charge is -1.86. The summed E-state index contributed by atoms with van der Waals surface area (Å²) in [6.45, 7) is 1.38. The van der Waals surface area contributed by atoms with Gasteiger partial charge in [-0.1, -0.05) is 0 Å². The number of carboxylic acids is 1. The van der Waals surface area contributed by atoms with Crippen LogP contribution in [0.4, 0.5) is 4.39 Å². The normalized spacial score (nSPS) is 10.1. The highest BCUT2D eigenvalue weighted by molar-refractivity contribution is 5.86. The molecule has 1 rings (SSSR count). The number of aryl methyl sites for hydroxylation is 1. The van der Waals surface area contributed by atoms with Crippen LogP contribution in [0, 0.1) is 12.9 Å². The molecule has 1 aromatic rings. The molecule has 0 radical (unpaired) electrons. The Hall–Kier alpha value is -1.39. The van der Waals surface area contributed by atoms with Crippen molar-refractivity contribution in [1.82, 2.24) is 9.78 Å². The van der Waals surface area contributed by atoms with E-state index in [0.717, 1.165) is 4.68 Å². The number of nitrogens with zero attached hydrogens (tertiary/aromatic N) is 2. The zero-order chi connectivity index (χ0) is 8.59. The number of aromatic nitrogens is 2. The average molecular weight is 158 g/mol. The van der Waals surface area contributed by atoms with Gasteiger partial charge in [-0.3, -0.25) is 0 Å². The number of carbonyl (C=O) groups is 1. The Labute approximate surface area is 62.3 Å². The molecule has 5 heteroatoms. The first-order chi connectivity index (χ1) is 5.04. The molecule has 0 aromatic carbocycles. The second kappa shape index (κ2) is 2.34. The quantitative estimate of drug-likeness (QED) is 0.649. The Morgan fingerprint density at radius 1 is 1.73 bits per heavy atom. The van der Waals surface area contributed by atoms with E-state index >= 15 is 0 Å². The number of rotatable bonds is 1. The predicted octanol–water partition coefficient (Wildman–Crippen LogP) is 0.566. The van der Waals surface area contributed by atoms with Crippen LogP contribution in [0.1, 0.15) is 16.1 Å². The summed E-state index contributed by atoms with van der Waals surface area (Å²) >= 11 is 0. The molecule has 4 nitrogen and oxygen atoms in total. The molecule has 0 atom stereocenters. The summed E-state index contributed by atoms with van der Waals surface area (Å²) in [5, 5.41) is 11.9. The second-order valence-electron chi connectivity index (χ2n) is 2.19. The summed E-state index contributed by atoms with van der Waals surface area (Å²) in [5.41, 5.74) is -0.162. The first kappa shape index (κ1) is 7.71. The van der Waals surface area contributed by atoms with Crippen LogP contribution in [-0.2, 0) is 7.05 Å². The Morgan fingerprint density at radius 2 is 2.27 bits per heavy atom. The lowest BCUT2D eigenvalue weighted by Crippen LogP contribution is -2.00. The van der Waals surface area contributed by atoms with Gasteiger partial charge in [0.05, 0.1) is 0 Å². The molecular formula is C6H7FN2O2. The maximum absolute atomic E-state index is 12.7. The fraction of sp³-hybridized carbons (Fsp3) is 0.333. The molecule has 0 aliphatic heterocycles. The fourth-order valence-corrected chi connectivity index (χ4v) is 0.812. The van der Waals surface area contributed by atoms with Gasteiger partial charge in [-0.15, -0.1) is 0 Å². The van der Waals surface area contributed by atoms with Crippen LogP contribution < -0.4 is 0 Å². The molecule has 0 unspecified atom stereocenters. The van der Waals surface area contributed by atoms with Crippen molar-refractivity contribution >= 4 is 5.97 Å². The molecule has 11 heavy (non-hydrogen) atoms. The van der Waals surface area contributed by atoms with Gasteiger partial charge in [0.25, 0.3) is 0 Å². The van der Waals surface area contributed by atoms with Crippen molar-refractivity contribution in [3.8, 4) is 0 Å². The largest absolute Gasteiger partial charge is 0.476 e. The molecule has 0 aliphatic rings. The molecule has 0 amide bonds. The summed E-state index contributed by atoms with van der Waals surface area (Å²) in [7, 11) is 1.36. The molecule has 1 N–H and O–H groups in total. The van der Waals surface area contributed by atoms with E-state index < -0.39 is 11.9 Å². The number of aromatic carboxylic acids is 1. The van der Waals surface area contributed by atoms with Gasteiger partial charge in [0.1, 0.15) is 0 Å². The number of hydrogen-bond donors (Lipinski definition) is 1. The van der Waals surface area contributed by atoms with Crippen molar-refractivity contribution < 1.29 is 14.3 Å². The Balaban J connectivity index is 3.29. The summed E-state index contributed by atoms with van der Waals surface area (Å²) < 4.78 is 13.7. The van der Waals surface area contributed by atoms with Crippen molar-refractivity contribution in [1.29, 1.82) is 0 Å². The topological polar surface area (TPSA) is 55.1 Å². The smallest absolute Gasteiger partial charge is 0.356 e. The Kier molecular flexibility index (Phi) is 1.64. The van der Waals surface area contributed by atoms with E-state index in [4.69, 9.17) is 5.11 Å². The molecule has 0 aliphatic carbocycles. The lowest BCUT2D eigenvalue weighted by atomic mass is 10.3. The average Bonchev–Trinajstić information content (AvgIpc) is 2.17. The van der Waals surface area contributed by atoms with E-state index in [-0.39, 0.29) is 11.3 Å². The Bertz CT molecular complexity index is 306. The third-order valence-electron chi connectivity index (χ3n) is 1.40. The van der Waals surface area contributed by atoms with Crippen molar-refractivity contribution in [2.24, 2.45) is 7.05 Å². The fourth-order valence-electron chi connectivity index (χ4n) is 0.812. The van der Waals surface area contributed by atoms with Crippen molar-refractivity contribution in [3.05, 3.63) is 17.2 Å². The molecular weight excluding hydrogens is 151 g/mol. The number of hydrogen-bond acceptors (Lipinski definition) is 2. The van der Waals surface area contributed by atoms with Gasteiger partial charge in [-0.2, -0.15) is 9.49 Å². The van der Waals surface area contributed by atoms with Crippen LogP contribution in [-0.4, -0.2) is 20.9 Å². The van der Waals surface area contributed by atoms with E-state index in [1.807, 2.05) is 0 Å². The van der Waals surface area contributed by atoms with E-state index in [1.54, 1.807) is 0 Å². The van der Waals surface area contributed by atoms with Crippen LogP contribution in [0.25, 0.3) is 0 Å². The van der Waals surface area contributed by atoms with Gasteiger partial charge >= 0.3 is 5.97 Å². The van der Waals surface area contributed by atoms with E-state index in [9.17, 15) is 9.18 Å². The molecule has 0 saturated heterocycles. The zero-order valence-corrected chi connectivity index (χ0v) is 6.13. The molecule has 0 fully saturated rings. The standard InChI is InChI=1S/C6H7FN2O2/c1-3-4(6(10)11)8-9(2)5(3)7/h1-2H3,(H,10,11). The monoisotopic (exact) mass is 158 g/mol. The maximum Gasteiger partial charge on any atom is 0.356 e. The number of halogens is 1. The molecule has 1 heterocycles. The van der Waals surface area contributed by atoms with Crippen molar-refractivity contribution in [2.75, 3.05) is 0 Å². The van der Waals surface area contributed by atoms with Gasteiger partial charge in [0.15, 0.2) is 5.69 Å². The highest BCUT2D eigenvalue weighted by Crippen LogP contribution is 2.09. The summed E-state index contributed by atoms with van der Waals surface area (Å²) in [6, 6.07) is 0. The van der Waals surface area contributed by atoms with Crippen LogP contribution in [0.3, 0.4) is 0 Å². The molecule has 0 saturated carbocycles. The Morgan fingerprint density at radius 3 is 2.45 bits per heavy atom. The lowest BCUT2D eigenvalue weighted by molar-refractivity contribution is 0.0689. The zero-order valence-electron chi connectivity index (χ0n) is 6.13. The van der Waals surface area contributed by atoms with E-state index in [2.05, 4.69) is 5.10 Å². The van der Waals surface area contributed by atoms with Crippen LogP contribution in [0.2, 0.25) is 0 Å². The van der Waals surface area contributed by atoms with Crippen molar-refractivity contribution in [2.45, 2.75) is 6.92 Å². The highest BCUT2D eigenvalue weighted by atomic mass is 19.1. The highest BCUT2D eigenvalue weighted by Gasteiger charge is 2.16. The molecule has 60 valence electrons. The molecule has 1 aromatic heterocycles. The molecule has 0 spiro atoms. The first-order valence-corrected chi connectivity index (χ1v) is 2.96. The number of carboxylic acid groups (broad SMARTS) is 1. The van der Waals surface area contributed by atoms with Crippen LogP contribution >= 0.6 is 0 Å². The third kappa shape index (κ3) is 1.09. The third-order valence-corrected chi connectivity index (χ3v) is 1.40. The molecule has 0 bridgehead atoms. The van der Waals surface area contributed by atoms with E-state index in [0.29, 0.717) is 0 Å². The maximum atomic E-state index is 12.7. The van der Waals surface area contributed by atoms with Crippen molar-refractivity contribution in [3.63, 3.8) is 0 Å². The SMILES string of the molecule is Cc1c(C(=O)O)nn(C)c1F. The van der Waals surface area contributed by atoms with Gasteiger partial charge in [-0.25, -0.2) is 9.48 Å². The summed E-state index contributed by atoms with van der Waals surface area (Å²) in [4.78, 5) is 10.3. The first-order valence-electron chi connectivity index (χ1n) is 2.96. The van der Waals surface area contributed by atoms with Crippen LogP contribution in [0.5, 0.6) is 0 Å². The summed E-state index contributed by atoms with van der Waals surface area (Å²) in [5.74, 6) is -1.82.